The predicted molar refractivity (Wildman–Crippen MR) is 79.4 cm³/mol. The maximum Gasteiger partial charge on any atom is 0.267 e. The van der Waals surface area contributed by atoms with Gasteiger partial charge >= 0.3 is 0 Å². The third kappa shape index (κ3) is 2.42. The van der Waals surface area contributed by atoms with Crippen molar-refractivity contribution in [3.05, 3.63) is 45.2 Å². The van der Waals surface area contributed by atoms with E-state index in [1.54, 1.807) is 0 Å². The zero-order valence-corrected chi connectivity index (χ0v) is 12.0. The zero-order chi connectivity index (χ0) is 13.2. The van der Waals surface area contributed by atoms with E-state index in [9.17, 15) is 4.79 Å². The van der Waals surface area contributed by atoms with Gasteiger partial charge < -0.3 is 4.90 Å². The molecule has 1 aliphatic heterocycles. The number of H-pyrrole nitrogens is 1. The second-order valence-corrected chi connectivity index (χ2v) is 5.41. The molecule has 0 unspecified atom stereocenters. The van der Waals surface area contributed by atoms with E-state index in [0.717, 1.165) is 31.5 Å². The van der Waals surface area contributed by atoms with E-state index in [0.29, 0.717) is 16.1 Å². The number of hydrogen-bond acceptors (Lipinski definition) is 3. The van der Waals surface area contributed by atoms with Crippen molar-refractivity contribution < 1.29 is 0 Å². The molecule has 0 amide bonds. The minimum Gasteiger partial charge on any atom is -0.342 e. The lowest BCUT2D eigenvalue weighted by atomic mass is 10.1. The Morgan fingerprint density at radius 2 is 1.84 bits per heavy atom. The van der Waals surface area contributed by atoms with E-state index in [4.69, 9.17) is 0 Å². The summed E-state index contributed by atoms with van der Waals surface area (Å²) in [6.45, 7) is 1.91. The van der Waals surface area contributed by atoms with Gasteiger partial charge in [0, 0.05) is 18.7 Å². The van der Waals surface area contributed by atoms with Gasteiger partial charge in [-0.15, -0.1) is 0 Å². The van der Waals surface area contributed by atoms with Gasteiger partial charge in [0.25, 0.3) is 5.56 Å². The van der Waals surface area contributed by atoms with E-state index in [2.05, 4.69) is 30.8 Å². The van der Waals surface area contributed by atoms with Gasteiger partial charge in [0.1, 0.15) is 4.47 Å². The van der Waals surface area contributed by atoms with Crippen molar-refractivity contribution >= 4 is 21.9 Å². The lowest BCUT2D eigenvalue weighted by molar-refractivity contribution is 0.889. The first kappa shape index (κ1) is 12.4. The smallest absolute Gasteiger partial charge is 0.267 e. The van der Waals surface area contributed by atoms with E-state index < -0.39 is 0 Å². The second-order valence-electron chi connectivity index (χ2n) is 4.61. The van der Waals surface area contributed by atoms with E-state index in [1.165, 1.54) is 0 Å². The topological polar surface area (TPSA) is 49.0 Å². The summed E-state index contributed by atoms with van der Waals surface area (Å²) in [6.07, 6.45) is 2.31. The van der Waals surface area contributed by atoms with Gasteiger partial charge in [-0.1, -0.05) is 30.3 Å². The third-order valence-electron chi connectivity index (χ3n) is 3.30. The average Bonchev–Trinajstić information content (AvgIpc) is 2.97. The lowest BCUT2D eigenvalue weighted by Gasteiger charge is -2.16. The fourth-order valence-corrected chi connectivity index (χ4v) is 2.73. The first-order valence-corrected chi connectivity index (χ1v) is 7.15. The number of benzene rings is 1. The summed E-state index contributed by atoms with van der Waals surface area (Å²) >= 11 is 3.33. The van der Waals surface area contributed by atoms with Crippen LogP contribution >= 0.6 is 15.9 Å². The largest absolute Gasteiger partial charge is 0.342 e. The highest BCUT2D eigenvalue weighted by atomic mass is 79.9. The molecule has 1 fully saturated rings. The summed E-state index contributed by atoms with van der Waals surface area (Å²) in [5.41, 5.74) is 1.52. The Kier molecular flexibility index (Phi) is 3.38. The first-order valence-electron chi connectivity index (χ1n) is 6.36. The van der Waals surface area contributed by atoms with E-state index in [1.807, 2.05) is 30.3 Å². The molecule has 2 aromatic rings. The third-order valence-corrected chi connectivity index (χ3v) is 4.04. The van der Waals surface area contributed by atoms with E-state index >= 15 is 0 Å². The molecule has 0 saturated carbocycles. The number of aromatic nitrogens is 2. The molecule has 1 aliphatic rings. The monoisotopic (exact) mass is 319 g/mol. The highest BCUT2D eigenvalue weighted by molar-refractivity contribution is 9.10. The van der Waals surface area contributed by atoms with Crippen LogP contribution in [0.3, 0.4) is 0 Å². The Balaban J connectivity index is 2.11. The molecule has 0 radical (unpaired) electrons. The normalized spacial score (nSPS) is 14.9. The van der Waals surface area contributed by atoms with Gasteiger partial charge in [-0.2, -0.15) is 0 Å². The van der Waals surface area contributed by atoms with Crippen LogP contribution in [0.25, 0.3) is 11.3 Å². The standard InChI is InChI=1S/C14H14BrN3O/c15-11-12(10-6-2-1-3-7-10)16-14(17-13(11)19)18-8-4-5-9-18/h1-3,6-7H,4-5,8-9H2,(H,16,17,19). The van der Waals surface area contributed by atoms with Crippen molar-refractivity contribution in [1.82, 2.24) is 9.97 Å². The molecule has 1 N–H and O–H groups in total. The summed E-state index contributed by atoms with van der Waals surface area (Å²) in [7, 11) is 0. The summed E-state index contributed by atoms with van der Waals surface area (Å²) in [4.78, 5) is 21.6. The summed E-state index contributed by atoms with van der Waals surface area (Å²) in [6, 6.07) is 9.76. The molecule has 1 saturated heterocycles. The van der Waals surface area contributed by atoms with Crippen molar-refractivity contribution in [3.63, 3.8) is 0 Å². The molecule has 1 aromatic heterocycles. The number of nitrogens with one attached hydrogen (secondary N) is 1. The van der Waals surface area contributed by atoms with Crippen LogP contribution in [0.5, 0.6) is 0 Å². The van der Waals surface area contributed by atoms with Crippen LogP contribution in [-0.2, 0) is 0 Å². The Morgan fingerprint density at radius 3 is 2.53 bits per heavy atom. The van der Waals surface area contributed by atoms with Gasteiger partial charge in [0.15, 0.2) is 0 Å². The molecule has 0 spiro atoms. The number of rotatable bonds is 2. The van der Waals surface area contributed by atoms with Gasteiger partial charge in [-0.25, -0.2) is 4.98 Å². The van der Waals surface area contributed by atoms with Crippen LogP contribution in [0.15, 0.2) is 39.6 Å². The molecule has 3 rings (SSSR count). The first-order chi connectivity index (χ1) is 9.25. The Bertz CT molecular complexity index is 633. The van der Waals surface area contributed by atoms with Crippen LogP contribution < -0.4 is 10.5 Å². The minimum atomic E-state index is -0.129. The van der Waals surface area contributed by atoms with Crippen LogP contribution in [0.1, 0.15) is 12.8 Å². The average molecular weight is 320 g/mol. The highest BCUT2D eigenvalue weighted by Crippen LogP contribution is 2.25. The Morgan fingerprint density at radius 1 is 1.16 bits per heavy atom. The Labute approximate surface area is 119 Å². The maximum absolute atomic E-state index is 12.0. The number of nitrogens with zero attached hydrogens (tertiary/aromatic N) is 2. The number of anilines is 1. The summed E-state index contributed by atoms with van der Waals surface area (Å²) < 4.78 is 0.488. The van der Waals surface area contributed by atoms with Crippen molar-refractivity contribution in [2.75, 3.05) is 18.0 Å². The van der Waals surface area contributed by atoms with Crippen molar-refractivity contribution in [2.45, 2.75) is 12.8 Å². The highest BCUT2D eigenvalue weighted by Gasteiger charge is 2.18. The second kappa shape index (κ2) is 5.17. The van der Waals surface area contributed by atoms with Crippen molar-refractivity contribution in [3.8, 4) is 11.3 Å². The quantitative estimate of drug-likeness (QED) is 0.926. The van der Waals surface area contributed by atoms with Crippen LogP contribution in [-0.4, -0.2) is 23.1 Å². The lowest BCUT2D eigenvalue weighted by Crippen LogP contribution is -2.24. The summed E-state index contributed by atoms with van der Waals surface area (Å²) in [5, 5.41) is 0. The molecule has 0 aliphatic carbocycles. The van der Waals surface area contributed by atoms with Gasteiger partial charge in [0.2, 0.25) is 5.95 Å². The van der Waals surface area contributed by atoms with Gasteiger partial charge in [-0.3, -0.25) is 9.78 Å². The molecule has 0 bridgehead atoms. The van der Waals surface area contributed by atoms with Crippen LogP contribution in [0.2, 0.25) is 0 Å². The fourth-order valence-electron chi connectivity index (χ4n) is 2.31. The predicted octanol–water partition coefficient (Wildman–Crippen LogP) is 2.80. The molecule has 98 valence electrons. The van der Waals surface area contributed by atoms with E-state index in [-0.39, 0.29) is 5.56 Å². The van der Waals surface area contributed by atoms with Crippen molar-refractivity contribution in [2.24, 2.45) is 0 Å². The van der Waals surface area contributed by atoms with Gasteiger partial charge in [0.05, 0.1) is 5.69 Å². The van der Waals surface area contributed by atoms with Crippen LogP contribution in [0, 0.1) is 0 Å². The molecular formula is C14H14BrN3O. The number of halogens is 1. The zero-order valence-electron chi connectivity index (χ0n) is 10.4. The fraction of sp³-hybridized carbons (Fsp3) is 0.286. The van der Waals surface area contributed by atoms with Gasteiger partial charge in [-0.05, 0) is 28.8 Å². The summed E-state index contributed by atoms with van der Waals surface area (Å²) in [5.74, 6) is 0.671. The molecule has 0 atom stereocenters. The van der Waals surface area contributed by atoms with Crippen LogP contribution in [0.4, 0.5) is 5.95 Å². The maximum atomic E-state index is 12.0. The molecule has 2 heterocycles. The van der Waals surface area contributed by atoms with Crippen molar-refractivity contribution in [1.29, 1.82) is 0 Å². The molecule has 19 heavy (non-hydrogen) atoms. The number of hydrogen-bond donors (Lipinski definition) is 1. The SMILES string of the molecule is O=c1[nH]c(N2CCCC2)nc(-c2ccccc2)c1Br. The number of aromatic amines is 1. The molecule has 4 nitrogen and oxygen atoms in total. The molecule has 5 heteroatoms. The molecular weight excluding hydrogens is 306 g/mol. The minimum absolute atomic E-state index is 0.129. The molecule has 1 aromatic carbocycles. The Hall–Kier alpha value is -1.62.